The summed E-state index contributed by atoms with van der Waals surface area (Å²) in [5, 5.41) is 13.4. The second-order valence-electron chi connectivity index (χ2n) is 3.48. The zero-order valence-corrected chi connectivity index (χ0v) is 9.42. The quantitative estimate of drug-likeness (QED) is 0.810. The van der Waals surface area contributed by atoms with Gasteiger partial charge in [-0.05, 0) is 6.07 Å². The Hall–Kier alpha value is -1.20. The van der Waals surface area contributed by atoms with Gasteiger partial charge in [0.15, 0.2) is 0 Å². The van der Waals surface area contributed by atoms with Gasteiger partial charge in [0.2, 0.25) is 0 Å². The normalized spacial score (nSPS) is 12.9. The Morgan fingerprint density at radius 1 is 1.53 bits per heavy atom. The molecular formula is C10H14N4S. The monoisotopic (exact) mass is 222 g/mol. The first-order valence-electron chi connectivity index (χ1n) is 4.94. The van der Waals surface area contributed by atoms with Gasteiger partial charge in [0, 0.05) is 42.5 Å². The van der Waals surface area contributed by atoms with E-state index in [9.17, 15) is 0 Å². The summed E-state index contributed by atoms with van der Waals surface area (Å²) in [7, 11) is 0. The molecule has 15 heavy (non-hydrogen) atoms. The molecule has 0 bridgehead atoms. The number of nitrogens with zero attached hydrogens (tertiary/aromatic N) is 2. The van der Waals surface area contributed by atoms with Crippen LogP contribution in [0.15, 0.2) is 23.8 Å². The Morgan fingerprint density at radius 2 is 2.47 bits per heavy atom. The van der Waals surface area contributed by atoms with E-state index in [0.29, 0.717) is 5.92 Å². The van der Waals surface area contributed by atoms with Crippen molar-refractivity contribution in [3.63, 3.8) is 0 Å². The van der Waals surface area contributed by atoms with Crippen LogP contribution in [0.1, 0.15) is 23.5 Å². The molecule has 2 aromatic rings. The SMILES string of the molecule is CC(CNCc1ccn[nH]1)c1nccs1. The van der Waals surface area contributed by atoms with Crippen molar-refractivity contribution in [3.05, 3.63) is 34.5 Å². The van der Waals surface area contributed by atoms with Gasteiger partial charge in [0.05, 0.1) is 5.01 Å². The van der Waals surface area contributed by atoms with Crippen LogP contribution in [0, 0.1) is 0 Å². The molecule has 1 unspecified atom stereocenters. The van der Waals surface area contributed by atoms with Crippen molar-refractivity contribution < 1.29 is 0 Å². The van der Waals surface area contributed by atoms with Crippen LogP contribution in [-0.2, 0) is 6.54 Å². The van der Waals surface area contributed by atoms with Gasteiger partial charge in [-0.15, -0.1) is 11.3 Å². The predicted octanol–water partition coefficient (Wildman–Crippen LogP) is 1.76. The van der Waals surface area contributed by atoms with Crippen molar-refractivity contribution >= 4 is 11.3 Å². The third-order valence-corrected chi connectivity index (χ3v) is 3.20. The van der Waals surface area contributed by atoms with E-state index in [1.54, 1.807) is 17.5 Å². The molecule has 0 fully saturated rings. The summed E-state index contributed by atoms with van der Waals surface area (Å²) in [6, 6.07) is 1.97. The molecular weight excluding hydrogens is 208 g/mol. The fourth-order valence-electron chi connectivity index (χ4n) is 1.37. The predicted molar refractivity (Wildman–Crippen MR) is 60.8 cm³/mol. The topological polar surface area (TPSA) is 53.6 Å². The average molecular weight is 222 g/mol. The molecule has 5 heteroatoms. The van der Waals surface area contributed by atoms with E-state index in [1.165, 1.54) is 5.01 Å². The Kier molecular flexibility index (Phi) is 3.47. The van der Waals surface area contributed by atoms with Crippen LogP contribution < -0.4 is 5.32 Å². The number of nitrogens with one attached hydrogen (secondary N) is 2. The van der Waals surface area contributed by atoms with Gasteiger partial charge in [-0.3, -0.25) is 5.10 Å². The van der Waals surface area contributed by atoms with Gasteiger partial charge in [-0.2, -0.15) is 5.10 Å². The van der Waals surface area contributed by atoms with Crippen molar-refractivity contribution in [2.24, 2.45) is 0 Å². The lowest BCUT2D eigenvalue weighted by Crippen LogP contribution is -2.19. The molecule has 0 spiro atoms. The Bertz CT molecular complexity index is 368. The van der Waals surface area contributed by atoms with E-state index in [1.807, 2.05) is 17.6 Å². The minimum Gasteiger partial charge on any atom is -0.310 e. The lowest BCUT2D eigenvalue weighted by Gasteiger charge is -2.08. The number of rotatable bonds is 5. The van der Waals surface area contributed by atoms with Gasteiger partial charge in [-0.25, -0.2) is 4.98 Å². The highest BCUT2D eigenvalue weighted by atomic mass is 32.1. The zero-order chi connectivity index (χ0) is 10.5. The van der Waals surface area contributed by atoms with Gasteiger partial charge in [-0.1, -0.05) is 6.92 Å². The van der Waals surface area contributed by atoms with Gasteiger partial charge in [0.1, 0.15) is 0 Å². The maximum atomic E-state index is 4.29. The van der Waals surface area contributed by atoms with E-state index in [4.69, 9.17) is 0 Å². The standard InChI is InChI=1S/C10H14N4S/c1-8(10-12-4-5-15-10)6-11-7-9-2-3-13-14-9/h2-5,8,11H,6-7H2,1H3,(H,13,14). The molecule has 2 N–H and O–H groups in total. The van der Waals surface area contributed by atoms with E-state index in [-0.39, 0.29) is 0 Å². The average Bonchev–Trinajstić information content (AvgIpc) is 2.90. The van der Waals surface area contributed by atoms with E-state index in [2.05, 4.69) is 27.4 Å². The van der Waals surface area contributed by atoms with E-state index < -0.39 is 0 Å². The Balaban J connectivity index is 1.74. The number of aromatic amines is 1. The van der Waals surface area contributed by atoms with Crippen LogP contribution in [0.5, 0.6) is 0 Å². The highest BCUT2D eigenvalue weighted by Gasteiger charge is 2.07. The maximum Gasteiger partial charge on any atom is 0.0965 e. The van der Waals surface area contributed by atoms with Crippen LogP contribution in [0.3, 0.4) is 0 Å². The zero-order valence-electron chi connectivity index (χ0n) is 8.60. The van der Waals surface area contributed by atoms with Crippen LogP contribution in [-0.4, -0.2) is 21.7 Å². The molecule has 0 amide bonds. The Morgan fingerprint density at radius 3 is 3.13 bits per heavy atom. The van der Waals surface area contributed by atoms with Crippen LogP contribution >= 0.6 is 11.3 Å². The molecule has 0 radical (unpaired) electrons. The fourth-order valence-corrected chi connectivity index (χ4v) is 2.07. The maximum absolute atomic E-state index is 4.29. The number of hydrogen-bond donors (Lipinski definition) is 2. The fraction of sp³-hybridized carbons (Fsp3) is 0.400. The molecule has 80 valence electrons. The molecule has 4 nitrogen and oxygen atoms in total. The number of H-pyrrole nitrogens is 1. The molecule has 0 aliphatic rings. The number of thiazole rings is 1. The first kappa shape index (κ1) is 10.3. The van der Waals surface area contributed by atoms with Crippen molar-refractivity contribution in [2.75, 3.05) is 6.54 Å². The smallest absolute Gasteiger partial charge is 0.0965 e. The van der Waals surface area contributed by atoms with Gasteiger partial charge in [0.25, 0.3) is 0 Å². The van der Waals surface area contributed by atoms with E-state index >= 15 is 0 Å². The molecule has 0 aliphatic heterocycles. The molecule has 0 aliphatic carbocycles. The van der Waals surface area contributed by atoms with Crippen molar-refractivity contribution in [1.29, 1.82) is 0 Å². The summed E-state index contributed by atoms with van der Waals surface area (Å²) in [5.41, 5.74) is 1.11. The minimum atomic E-state index is 0.466. The number of aromatic nitrogens is 3. The molecule has 2 rings (SSSR count). The molecule has 2 heterocycles. The third-order valence-electron chi connectivity index (χ3n) is 2.20. The lowest BCUT2D eigenvalue weighted by atomic mass is 10.2. The summed E-state index contributed by atoms with van der Waals surface area (Å²) in [6.07, 6.45) is 3.62. The summed E-state index contributed by atoms with van der Waals surface area (Å²) in [6.45, 7) is 3.95. The summed E-state index contributed by atoms with van der Waals surface area (Å²) in [5.74, 6) is 0.466. The molecule has 0 saturated carbocycles. The molecule has 0 aromatic carbocycles. The first-order chi connectivity index (χ1) is 7.36. The summed E-state index contributed by atoms with van der Waals surface area (Å²) >= 11 is 1.71. The second kappa shape index (κ2) is 5.04. The van der Waals surface area contributed by atoms with Gasteiger partial charge >= 0.3 is 0 Å². The first-order valence-corrected chi connectivity index (χ1v) is 5.82. The van der Waals surface area contributed by atoms with Crippen LogP contribution in [0.2, 0.25) is 0 Å². The summed E-state index contributed by atoms with van der Waals surface area (Å²) < 4.78 is 0. The van der Waals surface area contributed by atoms with Crippen molar-refractivity contribution in [2.45, 2.75) is 19.4 Å². The highest BCUT2D eigenvalue weighted by molar-refractivity contribution is 7.09. The van der Waals surface area contributed by atoms with Crippen LogP contribution in [0.4, 0.5) is 0 Å². The Labute approximate surface area is 92.8 Å². The third kappa shape index (κ3) is 2.87. The second-order valence-corrected chi connectivity index (χ2v) is 4.41. The van der Waals surface area contributed by atoms with Crippen LogP contribution in [0.25, 0.3) is 0 Å². The largest absolute Gasteiger partial charge is 0.310 e. The molecule has 2 aromatic heterocycles. The lowest BCUT2D eigenvalue weighted by molar-refractivity contribution is 0.605. The summed E-state index contributed by atoms with van der Waals surface area (Å²) in [4.78, 5) is 4.29. The molecule has 1 atom stereocenters. The van der Waals surface area contributed by atoms with Crippen molar-refractivity contribution in [1.82, 2.24) is 20.5 Å². The molecule has 0 saturated heterocycles. The van der Waals surface area contributed by atoms with Gasteiger partial charge < -0.3 is 5.32 Å². The van der Waals surface area contributed by atoms with E-state index in [0.717, 1.165) is 18.8 Å². The van der Waals surface area contributed by atoms with Crippen molar-refractivity contribution in [3.8, 4) is 0 Å². The highest BCUT2D eigenvalue weighted by Crippen LogP contribution is 2.16. The number of hydrogen-bond acceptors (Lipinski definition) is 4. The minimum absolute atomic E-state index is 0.466.